The topological polar surface area (TPSA) is 122 Å². The molecule has 2 aliphatic rings. The highest BCUT2D eigenvalue weighted by Gasteiger charge is 2.40. The van der Waals surface area contributed by atoms with E-state index in [2.05, 4.69) is 40.4 Å². The molecule has 36 heavy (non-hydrogen) atoms. The quantitative estimate of drug-likeness (QED) is 0.579. The fraction of sp³-hybridized carbons (Fsp3) is 0.520. The number of carbonyl (C=O) groups excluding carboxylic acids is 2. The highest BCUT2D eigenvalue weighted by molar-refractivity contribution is 7.90. The minimum atomic E-state index is -4.23. The van der Waals surface area contributed by atoms with Gasteiger partial charge in [0.1, 0.15) is 11.6 Å². The zero-order chi connectivity index (χ0) is 26.1. The number of nitrogens with zero attached hydrogens (tertiary/aromatic N) is 4. The number of nitrogens with one attached hydrogen (secondary N) is 1. The smallest absolute Gasteiger partial charge is 0.308 e. The van der Waals surface area contributed by atoms with E-state index in [1.807, 2.05) is 4.90 Å². The second-order valence-corrected chi connectivity index (χ2v) is 11.6. The number of methoxy groups -OCH3 is 1. The normalized spacial score (nSPS) is 20.3. The second-order valence-electron chi connectivity index (χ2n) is 9.92. The maximum absolute atomic E-state index is 13.2. The van der Waals surface area contributed by atoms with Gasteiger partial charge in [0.15, 0.2) is 5.03 Å². The van der Waals surface area contributed by atoms with E-state index < -0.39 is 15.9 Å². The Kier molecular flexibility index (Phi) is 7.21. The molecular formula is C25H33N5O5S. The van der Waals surface area contributed by atoms with E-state index in [0.29, 0.717) is 43.5 Å². The first kappa shape index (κ1) is 25.9. The molecule has 10 nitrogen and oxygen atoms in total. The Morgan fingerprint density at radius 3 is 2.44 bits per heavy atom. The second kappa shape index (κ2) is 10.0. The van der Waals surface area contributed by atoms with Crippen LogP contribution in [0.25, 0.3) is 0 Å². The number of esters is 1. The summed E-state index contributed by atoms with van der Waals surface area (Å²) in [4.78, 5) is 37.7. The number of rotatable bonds is 6. The lowest BCUT2D eigenvalue weighted by Crippen LogP contribution is -2.43. The van der Waals surface area contributed by atoms with Gasteiger partial charge < -0.3 is 14.5 Å². The maximum atomic E-state index is 13.2. The van der Waals surface area contributed by atoms with Gasteiger partial charge in [-0.1, -0.05) is 13.0 Å². The molecule has 1 atom stereocenters. The van der Waals surface area contributed by atoms with Gasteiger partial charge in [0.2, 0.25) is 0 Å². The molecule has 2 aromatic heterocycles. The molecule has 0 bridgehead atoms. The highest BCUT2D eigenvalue weighted by atomic mass is 32.2. The summed E-state index contributed by atoms with van der Waals surface area (Å²) in [6, 6.07) is 7.87. The van der Waals surface area contributed by atoms with E-state index in [0.717, 1.165) is 13.0 Å². The van der Waals surface area contributed by atoms with Crippen LogP contribution in [0.5, 0.6) is 0 Å². The molecule has 4 heterocycles. The number of sulfonamides is 1. The standard InChI is InChI=1S/C25H33N5O5S/c1-17-10-16-30(25(17,2)3)22-19(7-6-13-26-22)23(31)28-36(33,34)21-9-5-8-20(27-21)29-14-11-18(12-15-29)24(32)35-4/h5-9,13,17-18H,10-12,14-16H2,1-4H3,(H,28,31). The number of carbonyl (C=O) groups is 2. The lowest BCUT2D eigenvalue weighted by molar-refractivity contribution is -0.146. The summed E-state index contributed by atoms with van der Waals surface area (Å²) in [5.41, 5.74) is -0.0243. The van der Waals surface area contributed by atoms with Crippen LogP contribution in [0.3, 0.4) is 0 Å². The van der Waals surface area contributed by atoms with Crippen LogP contribution in [-0.2, 0) is 19.6 Å². The van der Waals surface area contributed by atoms with Crippen LogP contribution >= 0.6 is 0 Å². The van der Waals surface area contributed by atoms with Crippen molar-refractivity contribution in [3.8, 4) is 0 Å². The van der Waals surface area contributed by atoms with Crippen molar-refractivity contribution in [1.29, 1.82) is 0 Å². The molecule has 194 valence electrons. The van der Waals surface area contributed by atoms with Crippen molar-refractivity contribution in [3.63, 3.8) is 0 Å². The third-order valence-electron chi connectivity index (χ3n) is 7.54. The van der Waals surface area contributed by atoms with Crippen molar-refractivity contribution >= 4 is 33.5 Å². The molecule has 0 radical (unpaired) electrons. The van der Waals surface area contributed by atoms with Crippen molar-refractivity contribution in [2.24, 2.45) is 11.8 Å². The number of aromatic nitrogens is 2. The largest absolute Gasteiger partial charge is 0.469 e. The molecule has 2 aromatic rings. The Hall–Kier alpha value is -3.21. The van der Waals surface area contributed by atoms with E-state index >= 15 is 0 Å². The summed E-state index contributed by atoms with van der Waals surface area (Å²) >= 11 is 0. The molecule has 4 rings (SSSR count). The summed E-state index contributed by atoms with van der Waals surface area (Å²) in [7, 11) is -2.86. The zero-order valence-corrected chi connectivity index (χ0v) is 21.9. The molecule has 0 aromatic carbocycles. The van der Waals surface area contributed by atoms with Gasteiger partial charge in [-0.25, -0.2) is 14.7 Å². The predicted molar refractivity (Wildman–Crippen MR) is 135 cm³/mol. The number of anilines is 2. The van der Waals surface area contributed by atoms with Crippen molar-refractivity contribution in [2.75, 3.05) is 36.5 Å². The van der Waals surface area contributed by atoms with Gasteiger partial charge in [-0.3, -0.25) is 9.59 Å². The number of hydrogen-bond acceptors (Lipinski definition) is 9. The van der Waals surface area contributed by atoms with Crippen LogP contribution in [0.1, 0.15) is 50.4 Å². The van der Waals surface area contributed by atoms with Crippen LogP contribution in [0.2, 0.25) is 0 Å². The summed E-state index contributed by atoms with van der Waals surface area (Å²) in [5, 5.41) is -0.246. The average Bonchev–Trinajstić information content (AvgIpc) is 3.15. The Balaban J connectivity index is 1.52. The van der Waals surface area contributed by atoms with E-state index in [4.69, 9.17) is 4.74 Å². The lowest BCUT2D eigenvalue weighted by Gasteiger charge is -2.36. The van der Waals surface area contributed by atoms with Crippen molar-refractivity contribution < 1.29 is 22.7 Å². The summed E-state index contributed by atoms with van der Waals surface area (Å²) in [6.07, 6.45) is 3.75. The predicted octanol–water partition coefficient (Wildman–Crippen LogP) is 2.61. The van der Waals surface area contributed by atoms with Crippen molar-refractivity contribution in [1.82, 2.24) is 14.7 Å². The molecule has 2 aliphatic heterocycles. The van der Waals surface area contributed by atoms with Gasteiger partial charge in [-0.05, 0) is 63.3 Å². The van der Waals surface area contributed by atoms with Crippen LogP contribution in [0.4, 0.5) is 11.6 Å². The van der Waals surface area contributed by atoms with Crippen molar-refractivity contribution in [3.05, 3.63) is 42.1 Å². The van der Waals surface area contributed by atoms with Gasteiger partial charge in [0.25, 0.3) is 15.9 Å². The molecular weight excluding hydrogens is 482 g/mol. The maximum Gasteiger partial charge on any atom is 0.308 e. The molecule has 2 fully saturated rings. The van der Waals surface area contributed by atoms with Gasteiger partial charge in [-0.15, -0.1) is 0 Å². The summed E-state index contributed by atoms with van der Waals surface area (Å²) in [5.74, 6) is 0.180. The average molecular weight is 516 g/mol. The van der Waals surface area contributed by atoms with E-state index in [9.17, 15) is 18.0 Å². The molecule has 1 amide bonds. The number of amides is 1. The molecule has 0 aliphatic carbocycles. The van der Waals surface area contributed by atoms with E-state index in [-0.39, 0.29) is 28.0 Å². The van der Waals surface area contributed by atoms with E-state index in [1.165, 1.54) is 13.2 Å². The molecule has 2 saturated heterocycles. The van der Waals surface area contributed by atoms with Crippen LogP contribution in [0, 0.1) is 11.8 Å². The third kappa shape index (κ3) is 5.02. The molecule has 1 N–H and O–H groups in total. The van der Waals surface area contributed by atoms with Crippen LogP contribution < -0.4 is 14.5 Å². The van der Waals surface area contributed by atoms with Gasteiger partial charge >= 0.3 is 5.97 Å². The first-order valence-corrected chi connectivity index (χ1v) is 13.6. The third-order valence-corrected chi connectivity index (χ3v) is 8.77. The molecule has 0 spiro atoms. The first-order chi connectivity index (χ1) is 17.0. The molecule has 1 unspecified atom stereocenters. The number of pyridine rings is 2. The summed E-state index contributed by atoms with van der Waals surface area (Å²) in [6.45, 7) is 8.18. The molecule has 0 saturated carbocycles. The van der Waals surface area contributed by atoms with Gasteiger partial charge in [-0.2, -0.15) is 8.42 Å². The Morgan fingerprint density at radius 1 is 1.08 bits per heavy atom. The lowest BCUT2D eigenvalue weighted by atomic mass is 9.90. The van der Waals surface area contributed by atoms with Crippen LogP contribution in [-0.4, -0.2) is 62.5 Å². The minimum absolute atomic E-state index is 0.172. The number of hydrogen-bond donors (Lipinski definition) is 1. The van der Waals surface area contributed by atoms with Gasteiger partial charge in [0, 0.05) is 31.4 Å². The zero-order valence-electron chi connectivity index (χ0n) is 21.1. The monoisotopic (exact) mass is 515 g/mol. The summed E-state index contributed by atoms with van der Waals surface area (Å²) < 4.78 is 33.3. The Bertz CT molecular complexity index is 1240. The first-order valence-electron chi connectivity index (χ1n) is 12.1. The SMILES string of the molecule is COC(=O)C1CCN(c2cccc(S(=O)(=O)NC(=O)c3cccnc3N3CCC(C)C3(C)C)n2)CC1. The fourth-order valence-corrected chi connectivity index (χ4v) is 5.80. The number of piperidine rings is 1. The van der Waals surface area contributed by atoms with Crippen molar-refractivity contribution in [2.45, 2.75) is 50.6 Å². The molecule has 11 heteroatoms. The van der Waals surface area contributed by atoms with Gasteiger partial charge in [0.05, 0.1) is 18.6 Å². The highest BCUT2D eigenvalue weighted by Crippen LogP contribution is 2.38. The fourth-order valence-electron chi connectivity index (χ4n) is 4.87. The Labute approximate surface area is 212 Å². The van der Waals surface area contributed by atoms with Crippen LogP contribution in [0.15, 0.2) is 41.6 Å². The minimum Gasteiger partial charge on any atom is -0.469 e. The number of ether oxygens (including phenoxy) is 1. The Morgan fingerprint density at radius 2 is 1.81 bits per heavy atom. The van der Waals surface area contributed by atoms with E-state index in [1.54, 1.807) is 30.5 Å².